The zero-order chi connectivity index (χ0) is 18.1. The zero-order valence-corrected chi connectivity index (χ0v) is 16.8. The van der Waals surface area contributed by atoms with E-state index >= 15 is 0 Å². The van der Waals surface area contributed by atoms with Crippen molar-refractivity contribution in [3.8, 4) is 11.3 Å². The predicted octanol–water partition coefficient (Wildman–Crippen LogP) is 3.75. The number of carbonyl (C=O) groups excluding carboxylic acids is 1. The minimum Gasteiger partial charge on any atom is -0.441 e. The Labute approximate surface area is 174 Å². The molecule has 28 heavy (non-hydrogen) atoms. The molecule has 2 aromatic rings. The Hall–Kier alpha value is -1.70. The van der Waals surface area contributed by atoms with Crippen LogP contribution in [0.4, 0.5) is 8.78 Å². The Balaban J connectivity index is 0.00000140. The molecule has 2 unspecified atom stereocenters. The summed E-state index contributed by atoms with van der Waals surface area (Å²) in [6.07, 6.45) is 5.22. The van der Waals surface area contributed by atoms with E-state index in [0.717, 1.165) is 38.4 Å². The summed E-state index contributed by atoms with van der Waals surface area (Å²) < 4.78 is 32.4. The molecule has 0 spiro atoms. The number of aromatic nitrogens is 1. The number of hydrogen-bond acceptors (Lipinski definition) is 4. The Morgan fingerprint density at radius 3 is 2.79 bits per heavy atom. The number of benzene rings is 1. The van der Waals surface area contributed by atoms with E-state index in [4.69, 9.17) is 4.42 Å². The Morgan fingerprint density at radius 2 is 2.00 bits per heavy atom. The second-order valence-electron chi connectivity index (χ2n) is 6.92. The summed E-state index contributed by atoms with van der Waals surface area (Å²) in [5.41, 5.74) is 0.160. The molecule has 4 rings (SSSR count). The van der Waals surface area contributed by atoms with Gasteiger partial charge < -0.3 is 14.6 Å². The first-order valence-electron chi connectivity index (χ1n) is 9.04. The summed E-state index contributed by atoms with van der Waals surface area (Å²) in [5.74, 6) is -0.592. The fourth-order valence-corrected chi connectivity index (χ4v) is 3.97. The highest BCUT2D eigenvalue weighted by Crippen LogP contribution is 2.29. The van der Waals surface area contributed by atoms with Crippen LogP contribution in [0.2, 0.25) is 0 Å². The number of aryl methyl sites for hydroxylation is 1. The first kappa shape index (κ1) is 22.6. The van der Waals surface area contributed by atoms with Crippen molar-refractivity contribution in [2.45, 2.75) is 44.2 Å². The Kier molecular flexibility index (Phi) is 7.80. The summed E-state index contributed by atoms with van der Waals surface area (Å²) in [5, 5.41) is 3.38. The summed E-state index contributed by atoms with van der Waals surface area (Å²) in [6.45, 7) is 1.81. The monoisotopic (exact) mass is 433 g/mol. The topological polar surface area (TPSA) is 58.4 Å². The molecule has 2 atom stereocenters. The van der Waals surface area contributed by atoms with E-state index in [-0.39, 0.29) is 48.1 Å². The highest BCUT2D eigenvalue weighted by Gasteiger charge is 2.37. The SMILES string of the molecule is Cl.Cl.O=C(CCc1ncc(-c2ccc(F)cc2F)o1)N1C2CCNCC1CC2. The van der Waals surface area contributed by atoms with Crippen LogP contribution in [-0.2, 0) is 11.2 Å². The third-order valence-corrected chi connectivity index (χ3v) is 5.25. The molecule has 9 heteroatoms. The lowest BCUT2D eigenvalue weighted by atomic mass is 10.1. The van der Waals surface area contributed by atoms with Gasteiger partial charge in [-0.05, 0) is 37.9 Å². The summed E-state index contributed by atoms with van der Waals surface area (Å²) in [4.78, 5) is 18.8. The first-order valence-corrected chi connectivity index (χ1v) is 9.04. The van der Waals surface area contributed by atoms with Crippen LogP contribution < -0.4 is 5.32 Å². The molecule has 1 amide bonds. The van der Waals surface area contributed by atoms with E-state index in [0.29, 0.717) is 24.8 Å². The molecule has 1 N–H and O–H groups in total. The van der Waals surface area contributed by atoms with Gasteiger partial charge in [-0.15, -0.1) is 24.8 Å². The number of hydrogen-bond donors (Lipinski definition) is 1. The van der Waals surface area contributed by atoms with Crippen molar-refractivity contribution in [1.29, 1.82) is 0 Å². The van der Waals surface area contributed by atoms with E-state index in [1.165, 1.54) is 18.3 Å². The number of nitrogens with zero attached hydrogens (tertiary/aromatic N) is 2. The van der Waals surface area contributed by atoms with E-state index in [9.17, 15) is 13.6 Å². The molecule has 2 aliphatic heterocycles. The number of rotatable bonds is 4. The van der Waals surface area contributed by atoms with Crippen molar-refractivity contribution < 1.29 is 18.0 Å². The molecular weight excluding hydrogens is 411 g/mol. The first-order chi connectivity index (χ1) is 12.6. The van der Waals surface area contributed by atoms with Gasteiger partial charge >= 0.3 is 0 Å². The number of carbonyl (C=O) groups is 1. The Bertz CT molecular complexity index is 804. The van der Waals surface area contributed by atoms with Crippen LogP contribution in [0.1, 0.15) is 31.6 Å². The van der Waals surface area contributed by atoms with Gasteiger partial charge in [-0.3, -0.25) is 4.79 Å². The maximum Gasteiger partial charge on any atom is 0.223 e. The van der Waals surface area contributed by atoms with Crippen LogP contribution in [0.5, 0.6) is 0 Å². The molecular formula is C19H23Cl2F2N3O2. The molecule has 0 radical (unpaired) electrons. The van der Waals surface area contributed by atoms with Gasteiger partial charge in [0.1, 0.15) is 11.6 Å². The summed E-state index contributed by atoms with van der Waals surface area (Å²) in [6, 6.07) is 3.92. The summed E-state index contributed by atoms with van der Waals surface area (Å²) in [7, 11) is 0. The van der Waals surface area contributed by atoms with E-state index in [1.807, 2.05) is 4.90 Å². The lowest BCUT2D eigenvalue weighted by molar-refractivity contribution is -0.133. The zero-order valence-electron chi connectivity index (χ0n) is 15.2. The maximum absolute atomic E-state index is 13.8. The third kappa shape index (κ3) is 4.64. The molecule has 154 valence electrons. The van der Waals surface area contributed by atoms with Gasteiger partial charge in [0.05, 0.1) is 11.8 Å². The average Bonchev–Trinajstić information content (AvgIpc) is 3.16. The standard InChI is InChI=1S/C19H21F2N3O2.2ClH/c20-12-1-4-15(16(21)9-12)17-11-23-18(26-17)5-6-19(25)24-13-2-3-14(24)10-22-8-7-13;;/h1,4,9,11,13-14,22H,2-3,5-8,10H2;2*1H. The van der Waals surface area contributed by atoms with Crippen LogP contribution in [-0.4, -0.2) is 41.0 Å². The molecule has 2 fully saturated rings. The fourth-order valence-electron chi connectivity index (χ4n) is 3.97. The van der Waals surface area contributed by atoms with Crippen LogP contribution in [0.15, 0.2) is 28.8 Å². The molecule has 1 aromatic heterocycles. The average molecular weight is 434 g/mol. The minimum absolute atomic E-state index is 0. The van der Waals surface area contributed by atoms with Gasteiger partial charge in [0, 0.05) is 37.5 Å². The van der Waals surface area contributed by atoms with Gasteiger partial charge in [-0.2, -0.15) is 0 Å². The second kappa shape index (κ2) is 9.67. The number of nitrogens with one attached hydrogen (secondary N) is 1. The minimum atomic E-state index is -0.697. The number of fused-ring (bicyclic) bond motifs is 2. The normalized spacial score (nSPS) is 20.9. The maximum atomic E-state index is 13.8. The third-order valence-electron chi connectivity index (χ3n) is 5.25. The van der Waals surface area contributed by atoms with Crippen LogP contribution in [0.3, 0.4) is 0 Å². The van der Waals surface area contributed by atoms with Crippen LogP contribution in [0.25, 0.3) is 11.3 Å². The fraction of sp³-hybridized carbons (Fsp3) is 0.474. The molecule has 0 saturated carbocycles. The number of oxazole rings is 1. The lowest BCUT2D eigenvalue weighted by Crippen LogP contribution is -2.42. The summed E-state index contributed by atoms with van der Waals surface area (Å²) >= 11 is 0. The van der Waals surface area contributed by atoms with Crippen molar-refractivity contribution >= 4 is 30.7 Å². The smallest absolute Gasteiger partial charge is 0.223 e. The Morgan fingerprint density at radius 1 is 1.21 bits per heavy atom. The molecule has 3 heterocycles. The molecule has 2 aliphatic rings. The molecule has 5 nitrogen and oxygen atoms in total. The van der Waals surface area contributed by atoms with Gasteiger partial charge in [-0.25, -0.2) is 13.8 Å². The molecule has 2 saturated heterocycles. The van der Waals surface area contributed by atoms with Gasteiger partial charge in [-0.1, -0.05) is 0 Å². The van der Waals surface area contributed by atoms with Crippen molar-refractivity contribution in [2.24, 2.45) is 0 Å². The predicted molar refractivity (Wildman–Crippen MR) is 106 cm³/mol. The second-order valence-corrected chi connectivity index (χ2v) is 6.92. The number of halogens is 4. The van der Waals surface area contributed by atoms with Gasteiger partial charge in [0.25, 0.3) is 0 Å². The highest BCUT2D eigenvalue weighted by atomic mass is 35.5. The van der Waals surface area contributed by atoms with Crippen molar-refractivity contribution in [3.05, 3.63) is 41.9 Å². The van der Waals surface area contributed by atoms with E-state index < -0.39 is 11.6 Å². The quantitative estimate of drug-likeness (QED) is 0.797. The van der Waals surface area contributed by atoms with Gasteiger partial charge in [0.15, 0.2) is 11.7 Å². The largest absolute Gasteiger partial charge is 0.441 e. The molecule has 0 aliphatic carbocycles. The highest BCUT2D eigenvalue weighted by molar-refractivity contribution is 5.85. The van der Waals surface area contributed by atoms with Crippen LogP contribution in [0, 0.1) is 11.6 Å². The van der Waals surface area contributed by atoms with Crippen molar-refractivity contribution in [3.63, 3.8) is 0 Å². The van der Waals surface area contributed by atoms with Crippen LogP contribution >= 0.6 is 24.8 Å². The van der Waals surface area contributed by atoms with E-state index in [2.05, 4.69) is 10.3 Å². The van der Waals surface area contributed by atoms with Crippen molar-refractivity contribution in [2.75, 3.05) is 13.1 Å². The van der Waals surface area contributed by atoms with Crippen molar-refractivity contribution in [1.82, 2.24) is 15.2 Å². The molecule has 2 bridgehead atoms. The molecule has 1 aromatic carbocycles. The van der Waals surface area contributed by atoms with E-state index in [1.54, 1.807) is 0 Å². The number of amides is 1. The van der Waals surface area contributed by atoms with Gasteiger partial charge in [0.2, 0.25) is 5.91 Å². The lowest BCUT2D eigenvalue weighted by Gasteiger charge is -2.27.